The minimum atomic E-state index is -0.750. The van der Waals surface area contributed by atoms with E-state index in [2.05, 4.69) is 0 Å². The monoisotopic (exact) mass is 225 g/mol. The van der Waals surface area contributed by atoms with Crippen molar-refractivity contribution in [2.24, 2.45) is 5.73 Å². The maximum Gasteiger partial charge on any atom is 0.519 e. The quantitative estimate of drug-likeness (QED) is 0.849. The van der Waals surface area contributed by atoms with E-state index in [4.69, 9.17) is 26.2 Å². The topological polar surface area (TPSA) is 69.4 Å². The minimum absolute atomic E-state index is 0.115. The molecule has 2 N–H and O–H groups in total. The maximum absolute atomic E-state index is 10.9. The first-order chi connectivity index (χ1) is 7.20. The fourth-order valence-electron chi connectivity index (χ4n) is 1.26. The summed E-state index contributed by atoms with van der Waals surface area (Å²) in [7, 11) is 0. The van der Waals surface area contributed by atoms with E-state index in [9.17, 15) is 4.79 Å². The van der Waals surface area contributed by atoms with Gasteiger partial charge in [0.15, 0.2) is 11.5 Å². The Balaban J connectivity index is 2.53. The normalized spacial score (nSPS) is 10.5. The molecule has 0 amide bonds. The van der Waals surface area contributed by atoms with Crippen molar-refractivity contribution in [2.45, 2.75) is 6.54 Å². The third-order valence-corrected chi connectivity index (χ3v) is 2.19. The number of nitrogens with two attached hydrogens (primary N) is 1. The van der Waals surface area contributed by atoms with Crippen LogP contribution in [0.15, 0.2) is 37.9 Å². The molecule has 15 heavy (non-hydrogen) atoms. The number of benzene rings is 1. The lowest BCUT2D eigenvalue weighted by Gasteiger charge is -1.97. The molecule has 1 heterocycles. The van der Waals surface area contributed by atoms with Gasteiger partial charge in [-0.2, -0.15) is 0 Å². The van der Waals surface area contributed by atoms with Gasteiger partial charge >= 0.3 is 5.82 Å². The van der Waals surface area contributed by atoms with Crippen molar-refractivity contribution in [3.8, 4) is 11.3 Å². The summed E-state index contributed by atoms with van der Waals surface area (Å²) in [4.78, 5) is 10.9. The van der Waals surface area contributed by atoms with Crippen molar-refractivity contribution in [1.82, 2.24) is 0 Å². The molecular formula is C10H8ClNO3. The fourth-order valence-corrected chi connectivity index (χ4v) is 1.39. The minimum Gasteiger partial charge on any atom is -0.394 e. The third-order valence-electron chi connectivity index (χ3n) is 1.94. The first-order valence-electron chi connectivity index (χ1n) is 4.29. The van der Waals surface area contributed by atoms with Crippen molar-refractivity contribution in [1.29, 1.82) is 0 Å². The molecule has 0 saturated heterocycles. The summed E-state index contributed by atoms with van der Waals surface area (Å²) in [6, 6.07) is 6.86. The molecule has 0 saturated carbocycles. The zero-order valence-corrected chi connectivity index (χ0v) is 8.45. The Kier molecular flexibility index (Phi) is 2.62. The smallest absolute Gasteiger partial charge is 0.394 e. The van der Waals surface area contributed by atoms with Gasteiger partial charge in [-0.15, -0.1) is 0 Å². The van der Waals surface area contributed by atoms with E-state index < -0.39 is 5.82 Å². The molecule has 4 nitrogen and oxygen atoms in total. The molecule has 0 aliphatic heterocycles. The Hall–Kier alpha value is -1.52. The summed E-state index contributed by atoms with van der Waals surface area (Å²) in [5.41, 5.74) is 6.13. The van der Waals surface area contributed by atoms with E-state index in [0.717, 1.165) is 0 Å². The van der Waals surface area contributed by atoms with Crippen molar-refractivity contribution in [3.63, 3.8) is 0 Å². The van der Waals surface area contributed by atoms with Crippen molar-refractivity contribution < 1.29 is 8.83 Å². The third kappa shape index (κ3) is 1.95. The van der Waals surface area contributed by atoms with E-state index >= 15 is 0 Å². The molecule has 1 aromatic carbocycles. The first-order valence-corrected chi connectivity index (χ1v) is 4.67. The molecule has 0 bridgehead atoms. The van der Waals surface area contributed by atoms with Crippen molar-refractivity contribution in [2.75, 3.05) is 0 Å². The lowest BCUT2D eigenvalue weighted by atomic mass is 10.1. The van der Waals surface area contributed by atoms with E-state index in [1.165, 1.54) is 0 Å². The molecule has 0 aliphatic carbocycles. The number of rotatable bonds is 2. The van der Waals surface area contributed by atoms with Crippen LogP contribution in [0, 0.1) is 0 Å². The van der Waals surface area contributed by atoms with Gasteiger partial charge in [-0.25, -0.2) is 4.79 Å². The van der Waals surface area contributed by atoms with Crippen LogP contribution in [-0.4, -0.2) is 0 Å². The molecular weight excluding hydrogens is 218 g/mol. The molecule has 0 radical (unpaired) electrons. The van der Waals surface area contributed by atoms with Gasteiger partial charge in [0, 0.05) is 10.6 Å². The first kappa shape index (κ1) is 10.0. The van der Waals surface area contributed by atoms with Gasteiger partial charge in [-0.1, -0.05) is 11.6 Å². The SMILES string of the molecule is NCc1oc(=O)oc1-c1ccc(Cl)cc1. The molecule has 78 valence electrons. The predicted octanol–water partition coefficient (Wildman–Crippen LogP) is 2.01. The number of hydrogen-bond acceptors (Lipinski definition) is 4. The molecule has 2 rings (SSSR count). The van der Waals surface area contributed by atoms with Crippen LogP contribution in [0.2, 0.25) is 5.02 Å². The van der Waals surface area contributed by atoms with Gasteiger partial charge in [0.1, 0.15) is 0 Å². The second-order valence-corrected chi connectivity index (χ2v) is 3.35. The van der Waals surface area contributed by atoms with Gasteiger partial charge in [-0.3, -0.25) is 0 Å². The molecule has 1 aromatic heterocycles. The van der Waals surface area contributed by atoms with E-state index in [0.29, 0.717) is 22.1 Å². The summed E-state index contributed by atoms with van der Waals surface area (Å²) in [5.74, 6) is -0.0538. The van der Waals surface area contributed by atoms with E-state index in [1.807, 2.05) is 0 Å². The average molecular weight is 226 g/mol. The molecule has 0 atom stereocenters. The predicted molar refractivity (Wildman–Crippen MR) is 55.6 cm³/mol. The highest BCUT2D eigenvalue weighted by molar-refractivity contribution is 6.30. The fraction of sp³-hybridized carbons (Fsp3) is 0.100. The Morgan fingerprint density at radius 2 is 1.87 bits per heavy atom. The van der Waals surface area contributed by atoms with Crippen LogP contribution in [-0.2, 0) is 6.54 Å². The highest BCUT2D eigenvalue weighted by atomic mass is 35.5. The molecule has 2 aromatic rings. The molecule has 0 fully saturated rings. The largest absolute Gasteiger partial charge is 0.519 e. The second-order valence-electron chi connectivity index (χ2n) is 2.92. The van der Waals surface area contributed by atoms with Crippen LogP contribution in [0.1, 0.15) is 5.76 Å². The zero-order valence-electron chi connectivity index (χ0n) is 7.70. The van der Waals surface area contributed by atoms with Crippen LogP contribution >= 0.6 is 11.6 Å². The van der Waals surface area contributed by atoms with Gasteiger partial charge in [0.25, 0.3) is 0 Å². The number of halogens is 1. The second kappa shape index (κ2) is 3.92. The zero-order chi connectivity index (χ0) is 10.8. The van der Waals surface area contributed by atoms with Crippen LogP contribution in [0.5, 0.6) is 0 Å². The Bertz CT molecular complexity index is 512. The van der Waals surface area contributed by atoms with Gasteiger partial charge in [0.2, 0.25) is 0 Å². The molecule has 0 aliphatic rings. The van der Waals surface area contributed by atoms with Crippen LogP contribution in [0.4, 0.5) is 0 Å². The summed E-state index contributed by atoms with van der Waals surface area (Å²) >= 11 is 5.74. The summed E-state index contributed by atoms with van der Waals surface area (Å²) < 4.78 is 9.65. The lowest BCUT2D eigenvalue weighted by molar-refractivity contribution is 0.376. The van der Waals surface area contributed by atoms with E-state index in [-0.39, 0.29) is 6.54 Å². The Morgan fingerprint density at radius 3 is 2.47 bits per heavy atom. The summed E-state index contributed by atoms with van der Waals surface area (Å²) in [6.45, 7) is 0.115. The highest BCUT2D eigenvalue weighted by Crippen LogP contribution is 2.23. The van der Waals surface area contributed by atoms with Gasteiger partial charge < -0.3 is 14.6 Å². The molecule has 5 heteroatoms. The molecule has 0 spiro atoms. The van der Waals surface area contributed by atoms with Gasteiger partial charge in [0.05, 0.1) is 6.54 Å². The van der Waals surface area contributed by atoms with Crippen LogP contribution in [0.25, 0.3) is 11.3 Å². The number of hydrogen-bond donors (Lipinski definition) is 1. The lowest BCUT2D eigenvalue weighted by Crippen LogP contribution is -1.96. The Labute approximate surface area is 90.3 Å². The molecule has 0 unspecified atom stereocenters. The Morgan fingerprint density at radius 1 is 1.20 bits per heavy atom. The summed E-state index contributed by atoms with van der Waals surface area (Å²) in [6.07, 6.45) is 0. The summed E-state index contributed by atoms with van der Waals surface area (Å²) in [5, 5.41) is 0.610. The van der Waals surface area contributed by atoms with Crippen molar-refractivity contribution >= 4 is 11.6 Å². The van der Waals surface area contributed by atoms with Crippen LogP contribution < -0.4 is 11.6 Å². The van der Waals surface area contributed by atoms with Crippen molar-refractivity contribution in [3.05, 3.63) is 45.7 Å². The average Bonchev–Trinajstić information content (AvgIpc) is 2.61. The maximum atomic E-state index is 10.9. The highest BCUT2D eigenvalue weighted by Gasteiger charge is 2.12. The van der Waals surface area contributed by atoms with Gasteiger partial charge in [-0.05, 0) is 24.3 Å². The standard InChI is InChI=1S/C10H8ClNO3/c11-7-3-1-6(2-4-7)9-8(5-12)14-10(13)15-9/h1-4H,5,12H2. The van der Waals surface area contributed by atoms with E-state index in [1.54, 1.807) is 24.3 Å². The van der Waals surface area contributed by atoms with Crippen LogP contribution in [0.3, 0.4) is 0 Å².